The van der Waals surface area contributed by atoms with Crippen LogP contribution in [-0.2, 0) is 0 Å². The van der Waals surface area contributed by atoms with E-state index < -0.39 is 5.82 Å². The van der Waals surface area contributed by atoms with Gasteiger partial charge in [-0.05, 0) is 6.07 Å². The normalized spacial score (nSPS) is 8.80. The summed E-state index contributed by atoms with van der Waals surface area (Å²) >= 11 is 0. The van der Waals surface area contributed by atoms with Crippen LogP contribution < -0.4 is 4.73 Å². The van der Waals surface area contributed by atoms with Crippen LogP contribution in [0.1, 0.15) is 5.69 Å². The molecule has 0 aliphatic rings. The van der Waals surface area contributed by atoms with Crippen molar-refractivity contribution in [3.63, 3.8) is 0 Å². The number of aromatic nitrogens is 1. The molecule has 0 spiro atoms. The molecule has 0 radical (unpaired) electrons. The predicted octanol–water partition coefficient (Wildman–Crippen LogP) is 0.222. The number of nitrogens with zero attached hydrogens (tertiary/aromatic N) is 2. The van der Waals surface area contributed by atoms with E-state index in [2.05, 4.69) is 0 Å². The zero-order chi connectivity index (χ0) is 7.56. The van der Waals surface area contributed by atoms with Gasteiger partial charge >= 0.3 is 5.69 Å². The Morgan fingerprint density at radius 3 is 2.80 bits per heavy atom. The van der Waals surface area contributed by atoms with E-state index in [0.29, 0.717) is 4.73 Å². The fraction of sp³-hybridized carbons (Fsp3) is 0. The summed E-state index contributed by atoms with van der Waals surface area (Å²) in [7, 11) is 0. The number of hydrogen-bond donors (Lipinski definition) is 1. The minimum absolute atomic E-state index is 0.00130. The SMILES string of the molecule is N#Cc1ccc(F)c[n+]1O. The van der Waals surface area contributed by atoms with E-state index >= 15 is 0 Å². The van der Waals surface area contributed by atoms with Gasteiger partial charge in [0.25, 0.3) is 6.20 Å². The highest BCUT2D eigenvalue weighted by molar-refractivity contribution is 5.13. The lowest BCUT2D eigenvalue weighted by molar-refractivity contribution is -0.907. The van der Waals surface area contributed by atoms with Crippen LogP contribution in [0.25, 0.3) is 0 Å². The third-order valence-corrected chi connectivity index (χ3v) is 1.01. The average Bonchev–Trinajstić information content (AvgIpc) is 1.88. The van der Waals surface area contributed by atoms with Gasteiger partial charge in [0.1, 0.15) is 0 Å². The molecule has 4 heteroatoms. The Labute approximate surface area is 56.5 Å². The lowest BCUT2D eigenvalue weighted by Crippen LogP contribution is -2.33. The van der Waals surface area contributed by atoms with Crippen molar-refractivity contribution in [2.45, 2.75) is 0 Å². The van der Waals surface area contributed by atoms with Gasteiger partial charge in [0.15, 0.2) is 11.9 Å². The second-order valence-electron chi connectivity index (χ2n) is 1.69. The Morgan fingerprint density at radius 1 is 1.60 bits per heavy atom. The average molecular weight is 139 g/mol. The van der Waals surface area contributed by atoms with Gasteiger partial charge in [-0.15, -0.1) is 0 Å². The van der Waals surface area contributed by atoms with Gasteiger partial charge in [0.05, 0.1) is 0 Å². The number of pyridine rings is 1. The molecule has 0 saturated heterocycles. The molecule has 0 saturated carbocycles. The topological polar surface area (TPSA) is 47.9 Å². The lowest BCUT2D eigenvalue weighted by Gasteiger charge is -1.84. The van der Waals surface area contributed by atoms with Crippen LogP contribution in [0, 0.1) is 17.1 Å². The molecule has 0 aliphatic carbocycles. The van der Waals surface area contributed by atoms with Crippen LogP contribution in [0.4, 0.5) is 4.39 Å². The van der Waals surface area contributed by atoms with Crippen LogP contribution in [-0.4, -0.2) is 5.21 Å². The van der Waals surface area contributed by atoms with Gasteiger partial charge in [-0.2, -0.15) is 5.26 Å². The fourth-order valence-electron chi connectivity index (χ4n) is 0.553. The zero-order valence-corrected chi connectivity index (χ0v) is 4.95. The zero-order valence-electron chi connectivity index (χ0n) is 4.95. The van der Waals surface area contributed by atoms with Crippen molar-refractivity contribution in [3.8, 4) is 6.07 Å². The molecule has 0 bridgehead atoms. The van der Waals surface area contributed by atoms with Crippen molar-refractivity contribution >= 4 is 0 Å². The summed E-state index contributed by atoms with van der Waals surface area (Å²) in [5.74, 6) is -0.582. The molecule has 50 valence electrons. The highest BCUT2D eigenvalue weighted by Gasteiger charge is 2.08. The molecule has 1 heterocycles. The monoisotopic (exact) mass is 139 g/mol. The molecule has 0 amide bonds. The van der Waals surface area contributed by atoms with Crippen molar-refractivity contribution in [3.05, 3.63) is 29.8 Å². The highest BCUT2D eigenvalue weighted by Crippen LogP contribution is 1.92. The number of halogens is 1. The van der Waals surface area contributed by atoms with E-state index in [1.165, 1.54) is 6.07 Å². The minimum Gasteiger partial charge on any atom is -0.284 e. The van der Waals surface area contributed by atoms with Gasteiger partial charge in [-0.1, -0.05) is 0 Å². The summed E-state index contributed by atoms with van der Waals surface area (Å²) < 4.78 is 12.6. The first-order valence-corrected chi connectivity index (χ1v) is 2.54. The van der Waals surface area contributed by atoms with Crippen molar-refractivity contribution in [2.75, 3.05) is 0 Å². The fourth-order valence-corrected chi connectivity index (χ4v) is 0.553. The van der Waals surface area contributed by atoms with Crippen molar-refractivity contribution in [1.29, 1.82) is 5.26 Å². The van der Waals surface area contributed by atoms with E-state index in [0.717, 1.165) is 12.3 Å². The maximum atomic E-state index is 12.2. The van der Waals surface area contributed by atoms with Gasteiger partial charge in [-0.3, -0.25) is 5.21 Å². The number of hydrogen-bond acceptors (Lipinski definition) is 2. The van der Waals surface area contributed by atoms with Gasteiger partial charge in [0.2, 0.25) is 0 Å². The van der Waals surface area contributed by atoms with E-state index in [1.54, 1.807) is 6.07 Å². The molecule has 1 rings (SSSR count). The summed E-state index contributed by atoms with van der Waals surface area (Å²) in [6.45, 7) is 0. The molecule has 1 aromatic heterocycles. The first kappa shape index (κ1) is 6.49. The molecule has 1 aromatic rings. The molecule has 0 unspecified atom stereocenters. The largest absolute Gasteiger partial charge is 0.333 e. The molecule has 3 nitrogen and oxygen atoms in total. The van der Waals surface area contributed by atoms with Crippen molar-refractivity contribution in [2.24, 2.45) is 0 Å². The van der Waals surface area contributed by atoms with Crippen LogP contribution in [0.3, 0.4) is 0 Å². The molecule has 0 atom stereocenters. The van der Waals surface area contributed by atoms with Gasteiger partial charge in [-0.25, -0.2) is 4.39 Å². The smallest absolute Gasteiger partial charge is 0.284 e. The minimum atomic E-state index is -0.582. The Morgan fingerprint density at radius 2 is 2.30 bits per heavy atom. The molecule has 1 N–H and O–H groups in total. The molecular weight excluding hydrogens is 135 g/mol. The third kappa shape index (κ3) is 1.03. The Bertz CT molecular complexity index is 292. The van der Waals surface area contributed by atoms with Crippen LogP contribution in [0.2, 0.25) is 0 Å². The summed E-state index contributed by atoms with van der Waals surface area (Å²) in [5.41, 5.74) is 0.00130. The van der Waals surface area contributed by atoms with E-state index in [9.17, 15) is 4.39 Å². The predicted molar refractivity (Wildman–Crippen MR) is 28.5 cm³/mol. The molecule has 0 aromatic carbocycles. The Hall–Kier alpha value is -1.63. The van der Waals surface area contributed by atoms with Crippen LogP contribution >= 0.6 is 0 Å². The summed E-state index contributed by atoms with van der Waals surface area (Å²) in [6.07, 6.45) is 0.818. The first-order valence-electron chi connectivity index (χ1n) is 2.54. The van der Waals surface area contributed by atoms with E-state index in [1.807, 2.05) is 0 Å². The summed E-state index contributed by atoms with van der Waals surface area (Å²) in [6, 6.07) is 3.96. The Kier molecular flexibility index (Phi) is 1.50. The summed E-state index contributed by atoms with van der Waals surface area (Å²) in [4.78, 5) is 0. The maximum Gasteiger partial charge on any atom is 0.333 e. The van der Waals surface area contributed by atoms with Gasteiger partial charge in [0, 0.05) is 10.8 Å². The molecular formula is C6H4FN2O+. The molecule has 0 fully saturated rings. The van der Waals surface area contributed by atoms with Crippen LogP contribution in [0.5, 0.6) is 0 Å². The van der Waals surface area contributed by atoms with E-state index in [-0.39, 0.29) is 5.69 Å². The second kappa shape index (κ2) is 2.31. The number of nitriles is 1. The standard InChI is InChI=1S/C6H4FN2O/c7-5-1-2-6(3-8)9(10)4-5/h1-2,4,10H/q+1. The second-order valence-corrected chi connectivity index (χ2v) is 1.69. The quantitative estimate of drug-likeness (QED) is 0.413. The summed E-state index contributed by atoms with van der Waals surface area (Å²) in [5, 5.41) is 17.0. The number of rotatable bonds is 0. The van der Waals surface area contributed by atoms with Crippen LogP contribution in [0.15, 0.2) is 18.3 Å². The first-order chi connectivity index (χ1) is 4.74. The molecule has 10 heavy (non-hydrogen) atoms. The molecule has 0 aliphatic heterocycles. The van der Waals surface area contributed by atoms with Crippen molar-refractivity contribution in [1.82, 2.24) is 0 Å². The maximum absolute atomic E-state index is 12.2. The highest BCUT2D eigenvalue weighted by atomic mass is 19.1. The van der Waals surface area contributed by atoms with Gasteiger partial charge < -0.3 is 0 Å². The third-order valence-electron chi connectivity index (χ3n) is 1.01. The van der Waals surface area contributed by atoms with Crippen molar-refractivity contribution < 1.29 is 14.3 Å². The van der Waals surface area contributed by atoms with E-state index in [4.69, 9.17) is 10.5 Å². The lowest BCUT2D eigenvalue weighted by atomic mass is 10.4. The Balaban J connectivity index is 3.23.